The zero-order chi connectivity index (χ0) is 14.1. The Hall–Kier alpha value is -1.73. The van der Waals surface area contributed by atoms with Crippen LogP contribution >= 0.6 is 0 Å². The molecule has 0 amide bonds. The molecule has 1 atom stereocenters. The first kappa shape index (κ1) is 13.3. The Kier molecular flexibility index (Phi) is 3.54. The van der Waals surface area contributed by atoms with Crippen molar-refractivity contribution in [2.45, 2.75) is 38.8 Å². The van der Waals surface area contributed by atoms with E-state index in [0.717, 1.165) is 31.6 Å². The van der Waals surface area contributed by atoms with Crippen LogP contribution in [-0.4, -0.2) is 43.6 Å². The van der Waals surface area contributed by atoms with Gasteiger partial charge in [-0.25, -0.2) is 4.98 Å². The molecule has 7 heteroatoms. The van der Waals surface area contributed by atoms with E-state index in [0.29, 0.717) is 18.1 Å². The van der Waals surface area contributed by atoms with Crippen LogP contribution in [0.5, 0.6) is 0 Å². The number of likely N-dealkylation sites (tertiary alicyclic amines) is 1. The molecular weight excluding hydrogens is 256 g/mol. The number of nitrogens with two attached hydrogens (primary N) is 1. The molecule has 1 aliphatic rings. The smallest absolute Gasteiger partial charge is 0.274 e. The Morgan fingerprint density at radius 3 is 3.15 bits per heavy atom. The predicted octanol–water partition coefficient (Wildman–Crippen LogP) is 0.0392. The van der Waals surface area contributed by atoms with Gasteiger partial charge in [0.1, 0.15) is 5.82 Å². The number of rotatable bonds is 2. The molecule has 3 N–H and O–H groups in total. The van der Waals surface area contributed by atoms with Gasteiger partial charge in [-0.3, -0.25) is 14.8 Å². The minimum absolute atomic E-state index is 0.121. The van der Waals surface area contributed by atoms with Crippen LogP contribution in [0.1, 0.15) is 30.8 Å². The molecule has 3 heterocycles. The Morgan fingerprint density at radius 2 is 2.30 bits per heavy atom. The van der Waals surface area contributed by atoms with Gasteiger partial charge in [0.2, 0.25) is 0 Å². The van der Waals surface area contributed by atoms with E-state index in [9.17, 15) is 4.79 Å². The van der Waals surface area contributed by atoms with E-state index in [1.165, 1.54) is 10.9 Å². The molecule has 0 bridgehead atoms. The highest BCUT2D eigenvalue weighted by Crippen LogP contribution is 2.11. The van der Waals surface area contributed by atoms with Gasteiger partial charge in [0.05, 0.1) is 5.69 Å². The van der Waals surface area contributed by atoms with Gasteiger partial charge in [-0.05, 0) is 26.3 Å². The summed E-state index contributed by atoms with van der Waals surface area (Å²) in [6.45, 7) is 4.34. The number of aromatic amines is 1. The van der Waals surface area contributed by atoms with E-state index in [1.54, 1.807) is 6.07 Å². The molecule has 2 aromatic heterocycles. The highest BCUT2D eigenvalue weighted by molar-refractivity contribution is 5.27. The summed E-state index contributed by atoms with van der Waals surface area (Å²) in [5.41, 5.74) is 6.70. The number of nitrogens with one attached hydrogen (secondary N) is 1. The van der Waals surface area contributed by atoms with Crippen LogP contribution < -0.4 is 11.3 Å². The van der Waals surface area contributed by atoms with E-state index >= 15 is 0 Å². The first-order valence-corrected chi connectivity index (χ1v) is 7.05. The third kappa shape index (κ3) is 2.73. The van der Waals surface area contributed by atoms with Crippen LogP contribution in [0.25, 0.3) is 5.78 Å². The molecular formula is C13H20N6O. The highest BCUT2D eigenvalue weighted by atomic mass is 16.1. The molecule has 1 fully saturated rings. The van der Waals surface area contributed by atoms with Crippen LogP contribution in [0.15, 0.2) is 10.9 Å². The molecule has 2 aromatic rings. The van der Waals surface area contributed by atoms with Gasteiger partial charge in [0, 0.05) is 25.2 Å². The standard InChI is InChI=1S/C13H20N6O/c1-9-15-13-16-11(6-12(20)19(13)17-9)8-18-5-3-2-4-10(14)7-18/h6,10H,2-5,7-8,14H2,1H3,(H,15,16,17). The maximum Gasteiger partial charge on any atom is 0.274 e. The summed E-state index contributed by atoms with van der Waals surface area (Å²) in [4.78, 5) is 22.9. The summed E-state index contributed by atoms with van der Waals surface area (Å²) < 4.78 is 1.37. The monoisotopic (exact) mass is 276 g/mol. The van der Waals surface area contributed by atoms with Gasteiger partial charge >= 0.3 is 0 Å². The molecule has 0 aliphatic carbocycles. The molecule has 0 aromatic carbocycles. The number of nitrogens with zero attached hydrogens (tertiary/aromatic N) is 4. The highest BCUT2D eigenvalue weighted by Gasteiger charge is 2.16. The van der Waals surface area contributed by atoms with Crippen molar-refractivity contribution in [1.29, 1.82) is 0 Å². The van der Waals surface area contributed by atoms with Gasteiger partial charge in [-0.1, -0.05) is 6.42 Å². The van der Waals surface area contributed by atoms with Gasteiger partial charge < -0.3 is 5.73 Å². The summed E-state index contributed by atoms with van der Waals surface area (Å²) >= 11 is 0. The first-order valence-electron chi connectivity index (χ1n) is 7.05. The Bertz CT molecular complexity index is 660. The molecule has 1 aliphatic heterocycles. The topological polar surface area (TPSA) is 92.3 Å². The average Bonchev–Trinajstić information content (AvgIpc) is 2.63. The number of hydrogen-bond donors (Lipinski definition) is 2. The second-order valence-electron chi connectivity index (χ2n) is 5.52. The Labute approximate surface area is 116 Å². The van der Waals surface area contributed by atoms with Crippen molar-refractivity contribution in [3.63, 3.8) is 0 Å². The second-order valence-corrected chi connectivity index (χ2v) is 5.52. The summed E-state index contributed by atoms with van der Waals surface area (Å²) in [5.74, 6) is 1.12. The fourth-order valence-corrected chi connectivity index (χ4v) is 2.74. The molecule has 20 heavy (non-hydrogen) atoms. The number of fused-ring (bicyclic) bond motifs is 1. The molecule has 1 unspecified atom stereocenters. The normalized spacial score (nSPS) is 21.2. The second kappa shape index (κ2) is 5.34. The fraction of sp³-hybridized carbons (Fsp3) is 0.615. The first-order chi connectivity index (χ1) is 9.61. The van der Waals surface area contributed by atoms with Crippen LogP contribution in [0.3, 0.4) is 0 Å². The quantitative estimate of drug-likeness (QED) is 0.808. The molecule has 0 saturated carbocycles. The number of H-pyrrole nitrogens is 1. The van der Waals surface area contributed by atoms with Gasteiger partial charge in [0.25, 0.3) is 11.3 Å². The number of aryl methyl sites for hydroxylation is 1. The lowest BCUT2D eigenvalue weighted by Crippen LogP contribution is -2.35. The van der Waals surface area contributed by atoms with E-state index < -0.39 is 0 Å². The van der Waals surface area contributed by atoms with Crippen LogP contribution in [-0.2, 0) is 6.54 Å². The lowest BCUT2D eigenvalue weighted by atomic mass is 10.2. The zero-order valence-corrected chi connectivity index (χ0v) is 11.7. The van der Waals surface area contributed by atoms with Crippen molar-refractivity contribution in [3.8, 4) is 0 Å². The van der Waals surface area contributed by atoms with Gasteiger partial charge in [0.15, 0.2) is 0 Å². The number of hydrogen-bond acceptors (Lipinski definition) is 5. The predicted molar refractivity (Wildman–Crippen MR) is 75.4 cm³/mol. The van der Waals surface area contributed by atoms with E-state index in [4.69, 9.17) is 5.73 Å². The van der Waals surface area contributed by atoms with Crippen molar-refractivity contribution in [1.82, 2.24) is 24.5 Å². The van der Waals surface area contributed by atoms with Crippen LogP contribution in [0, 0.1) is 6.92 Å². The van der Waals surface area contributed by atoms with Crippen LogP contribution in [0.2, 0.25) is 0 Å². The minimum Gasteiger partial charge on any atom is -0.327 e. The largest absolute Gasteiger partial charge is 0.327 e. The fourth-order valence-electron chi connectivity index (χ4n) is 2.74. The third-order valence-corrected chi connectivity index (χ3v) is 3.67. The van der Waals surface area contributed by atoms with Gasteiger partial charge in [-0.2, -0.15) is 9.50 Å². The number of aromatic nitrogens is 4. The van der Waals surface area contributed by atoms with Crippen molar-refractivity contribution in [2.24, 2.45) is 5.73 Å². The van der Waals surface area contributed by atoms with Gasteiger partial charge in [-0.15, -0.1) is 0 Å². The molecule has 7 nitrogen and oxygen atoms in total. The van der Waals surface area contributed by atoms with E-state index in [2.05, 4.69) is 20.0 Å². The Morgan fingerprint density at radius 1 is 1.45 bits per heavy atom. The van der Waals surface area contributed by atoms with Crippen molar-refractivity contribution in [2.75, 3.05) is 13.1 Å². The average molecular weight is 276 g/mol. The minimum atomic E-state index is -0.121. The van der Waals surface area contributed by atoms with Crippen molar-refractivity contribution < 1.29 is 0 Å². The Balaban J connectivity index is 1.84. The molecule has 0 radical (unpaired) electrons. The summed E-state index contributed by atoms with van der Waals surface area (Å²) in [5, 5.41) is 2.87. The third-order valence-electron chi connectivity index (χ3n) is 3.67. The maximum absolute atomic E-state index is 12.0. The van der Waals surface area contributed by atoms with E-state index in [-0.39, 0.29) is 11.6 Å². The van der Waals surface area contributed by atoms with E-state index in [1.807, 2.05) is 6.92 Å². The van der Waals surface area contributed by atoms with Crippen LogP contribution in [0.4, 0.5) is 0 Å². The SMILES string of the molecule is Cc1nc2nc(CN3CCCCC(N)C3)cc(=O)n2[nH]1. The summed E-state index contributed by atoms with van der Waals surface area (Å²) in [6, 6.07) is 1.79. The maximum atomic E-state index is 12.0. The summed E-state index contributed by atoms with van der Waals surface area (Å²) in [6.07, 6.45) is 3.39. The molecule has 0 spiro atoms. The van der Waals surface area contributed by atoms with Crippen molar-refractivity contribution in [3.05, 3.63) is 27.9 Å². The lowest BCUT2D eigenvalue weighted by molar-refractivity contribution is 0.262. The molecule has 1 saturated heterocycles. The molecule has 108 valence electrons. The molecule has 3 rings (SSSR count). The lowest BCUT2D eigenvalue weighted by Gasteiger charge is -2.21. The summed E-state index contributed by atoms with van der Waals surface area (Å²) in [7, 11) is 0. The zero-order valence-electron chi connectivity index (χ0n) is 11.7. The van der Waals surface area contributed by atoms with Crippen molar-refractivity contribution >= 4 is 5.78 Å².